The fraction of sp³-hybridized carbons (Fsp3) is 0.250. The first-order chi connectivity index (χ1) is 13.4. The predicted molar refractivity (Wildman–Crippen MR) is 109 cm³/mol. The van der Waals surface area contributed by atoms with Crippen molar-refractivity contribution in [2.24, 2.45) is 14.1 Å². The lowest BCUT2D eigenvalue weighted by Gasteiger charge is -2.29. The third-order valence-corrected chi connectivity index (χ3v) is 7.03. The molecule has 0 saturated carbocycles. The van der Waals surface area contributed by atoms with Crippen LogP contribution in [0.2, 0.25) is 0 Å². The average molecular weight is 394 g/mol. The lowest BCUT2D eigenvalue weighted by molar-refractivity contribution is -0.121. The fourth-order valence-corrected chi connectivity index (χ4v) is 5.53. The normalized spacial score (nSPS) is 20.5. The minimum atomic E-state index is -0.960. The topological polar surface area (TPSA) is 76.3 Å². The van der Waals surface area contributed by atoms with Crippen LogP contribution in [-0.4, -0.2) is 25.8 Å². The van der Waals surface area contributed by atoms with Crippen LogP contribution >= 0.6 is 11.8 Å². The molecule has 7 nitrogen and oxygen atoms in total. The van der Waals surface area contributed by atoms with E-state index in [0.29, 0.717) is 18.5 Å². The summed E-state index contributed by atoms with van der Waals surface area (Å²) in [6.45, 7) is 0. The molecule has 1 unspecified atom stereocenters. The molecule has 5 rings (SSSR count). The van der Waals surface area contributed by atoms with Crippen molar-refractivity contribution in [2.75, 3.05) is 10.2 Å². The zero-order chi connectivity index (χ0) is 19.6. The van der Waals surface area contributed by atoms with Gasteiger partial charge in [0, 0.05) is 31.1 Å². The van der Waals surface area contributed by atoms with Gasteiger partial charge >= 0.3 is 5.69 Å². The van der Waals surface area contributed by atoms with Gasteiger partial charge in [-0.25, -0.2) is 4.79 Å². The molecule has 0 spiro atoms. The van der Waals surface area contributed by atoms with Crippen molar-refractivity contribution in [2.45, 2.75) is 22.6 Å². The maximum absolute atomic E-state index is 13.3. The monoisotopic (exact) mass is 394 g/mol. The molecule has 1 atom stereocenters. The van der Waals surface area contributed by atoms with Crippen molar-refractivity contribution >= 4 is 46.0 Å². The van der Waals surface area contributed by atoms with Crippen LogP contribution < -0.4 is 15.9 Å². The maximum Gasteiger partial charge on any atom is 0.328 e. The zero-order valence-electron chi connectivity index (χ0n) is 15.4. The van der Waals surface area contributed by atoms with E-state index >= 15 is 0 Å². The molecule has 0 bridgehead atoms. The fourth-order valence-electron chi connectivity index (χ4n) is 4.11. The number of carbonyl (C=O) groups is 2. The van der Waals surface area contributed by atoms with Crippen LogP contribution in [0.3, 0.4) is 0 Å². The quantitative estimate of drug-likeness (QED) is 0.724. The summed E-state index contributed by atoms with van der Waals surface area (Å²) in [6, 6.07) is 13.0. The van der Waals surface area contributed by atoms with Gasteiger partial charge in [-0.3, -0.25) is 23.6 Å². The van der Waals surface area contributed by atoms with Crippen molar-refractivity contribution in [3.8, 4) is 0 Å². The van der Waals surface area contributed by atoms with E-state index in [1.54, 1.807) is 40.3 Å². The minimum absolute atomic E-state index is 0.0338. The molecule has 0 radical (unpaired) electrons. The highest BCUT2D eigenvalue weighted by Crippen LogP contribution is 2.56. The van der Waals surface area contributed by atoms with Crippen LogP contribution in [0.15, 0.2) is 52.2 Å². The van der Waals surface area contributed by atoms with E-state index in [0.717, 1.165) is 21.6 Å². The number of thioether (sulfide) groups is 1. The predicted octanol–water partition coefficient (Wildman–Crippen LogP) is 2.44. The Bertz CT molecular complexity index is 1230. The molecule has 0 aliphatic carbocycles. The number of hydrogen-bond donors (Lipinski definition) is 1. The van der Waals surface area contributed by atoms with E-state index in [-0.39, 0.29) is 17.5 Å². The molecule has 1 aromatic heterocycles. The molecule has 2 aromatic carbocycles. The van der Waals surface area contributed by atoms with E-state index < -0.39 is 4.87 Å². The van der Waals surface area contributed by atoms with Crippen LogP contribution in [-0.2, 0) is 23.7 Å². The number of aryl methyl sites for hydroxylation is 2. The minimum Gasteiger partial charge on any atom is -0.323 e. The van der Waals surface area contributed by atoms with Crippen LogP contribution in [0.1, 0.15) is 12.8 Å². The summed E-state index contributed by atoms with van der Waals surface area (Å²) in [5, 5.41) is 2.97. The first-order valence-corrected chi connectivity index (χ1v) is 9.82. The SMILES string of the molecule is Cn1c(=O)n(C)c2cc(NC(=O)C34CCC(=O)N3c3ccccc3S4)ccc21. The maximum atomic E-state index is 13.3. The molecule has 1 N–H and O–H groups in total. The van der Waals surface area contributed by atoms with Crippen LogP contribution in [0.4, 0.5) is 11.4 Å². The third kappa shape index (κ3) is 2.15. The molecule has 3 aromatic rings. The molecular formula is C20H18N4O3S. The summed E-state index contributed by atoms with van der Waals surface area (Å²) in [6.07, 6.45) is 0.810. The molecule has 2 aliphatic heterocycles. The van der Waals surface area contributed by atoms with Crippen LogP contribution in [0.5, 0.6) is 0 Å². The number of rotatable bonds is 2. The number of anilines is 2. The van der Waals surface area contributed by atoms with E-state index in [1.807, 2.05) is 30.3 Å². The number of imidazole rings is 1. The smallest absolute Gasteiger partial charge is 0.323 e. The third-order valence-electron chi connectivity index (χ3n) is 5.56. The van der Waals surface area contributed by atoms with Crippen molar-refractivity contribution in [3.63, 3.8) is 0 Å². The largest absolute Gasteiger partial charge is 0.328 e. The summed E-state index contributed by atoms with van der Waals surface area (Å²) < 4.78 is 3.12. The van der Waals surface area contributed by atoms with Crippen LogP contribution in [0.25, 0.3) is 11.0 Å². The van der Waals surface area contributed by atoms with Gasteiger partial charge in [-0.15, -0.1) is 0 Å². The van der Waals surface area contributed by atoms with Crippen molar-refractivity contribution in [1.82, 2.24) is 9.13 Å². The van der Waals surface area contributed by atoms with Gasteiger partial charge in [-0.2, -0.15) is 0 Å². The molecule has 8 heteroatoms. The zero-order valence-corrected chi connectivity index (χ0v) is 16.2. The van der Waals surface area contributed by atoms with E-state index in [4.69, 9.17) is 0 Å². The second-order valence-corrected chi connectivity index (χ2v) is 8.46. The number of fused-ring (bicyclic) bond motifs is 4. The Morgan fingerprint density at radius 2 is 1.82 bits per heavy atom. The van der Waals surface area contributed by atoms with Gasteiger partial charge in [0.2, 0.25) is 5.91 Å². The Kier molecular flexibility index (Phi) is 3.51. The van der Waals surface area contributed by atoms with E-state index in [1.165, 1.54) is 11.8 Å². The average Bonchev–Trinajstić information content (AvgIpc) is 3.28. The first-order valence-electron chi connectivity index (χ1n) is 9.00. The molecule has 2 aliphatic rings. The highest BCUT2D eigenvalue weighted by atomic mass is 32.2. The lowest BCUT2D eigenvalue weighted by atomic mass is 10.1. The van der Waals surface area contributed by atoms with Gasteiger partial charge in [-0.1, -0.05) is 23.9 Å². The number of amides is 2. The van der Waals surface area contributed by atoms with Gasteiger partial charge in [0.1, 0.15) is 0 Å². The standard InChI is InChI=1S/C20H18N4O3S/c1-22-13-8-7-12(11-15(13)23(2)19(22)27)21-18(26)20-10-9-17(25)24(20)14-5-3-4-6-16(14)28-20/h3-8,11H,9-10H2,1-2H3,(H,21,26). The number of hydrogen-bond acceptors (Lipinski definition) is 4. The number of para-hydroxylation sites is 1. The summed E-state index contributed by atoms with van der Waals surface area (Å²) >= 11 is 1.43. The highest BCUT2D eigenvalue weighted by Gasteiger charge is 2.57. The van der Waals surface area contributed by atoms with Gasteiger partial charge < -0.3 is 5.32 Å². The van der Waals surface area contributed by atoms with Crippen molar-refractivity contribution in [3.05, 3.63) is 52.9 Å². The van der Waals surface area contributed by atoms with Gasteiger partial charge in [0.15, 0.2) is 4.87 Å². The van der Waals surface area contributed by atoms with Crippen molar-refractivity contribution < 1.29 is 9.59 Å². The Morgan fingerprint density at radius 1 is 1.07 bits per heavy atom. The molecule has 3 heterocycles. The number of aromatic nitrogens is 2. The van der Waals surface area contributed by atoms with E-state index in [2.05, 4.69) is 5.32 Å². The number of benzene rings is 2. The Labute approximate surface area is 164 Å². The van der Waals surface area contributed by atoms with Crippen molar-refractivity contribution in [1.29, 1.82) is 0 Å². The summed E-state index contributed by atoms with van der Waals surface area (Å²) in [7, 11) is 3.42. The summed E-state index contributed by atoms with van der Waals surface area (Å²) in [5.74, 6) is -0.256. The number of nitrogens with zero attached hydrogens (tertiary/aromatic N) is 3. The van der Waals surface area contributed by atoms with Gasteiger partial charge in [-0.05, 0) is 36.8 Å². The summed E-state index contributed by atoms with van der Waals surface area (Å²) in [4.78, 5) is 39.6. The Morgan fingerprint density at radius 3 is 2.64 bits per heavy atom. The molecule has 142 valence electrons. The highest BCUT2D eigenvalue weighted by molar-refractivity contribution is 8.02. The number of carbonyl (C=O) groups excluding carboxylic acids is 2. The molecule has 1 fully saturated rings. The molecular weight excluding hydrogens is 376 g/mol. The Hall–Kier alpha value is -3.00. The first kappa shape index (κ1) is 17.1. The molecule has 2 amide bonds. The lowest BCUT2D eigenvalue weighted by Crippen LogP contribution is -2.49. The number of nitrogens with one attached hydrogen (secondary N) is 1. The van der Waals surface area contributed by atoms with E-state index in [9.17, 15) is 14.4 Å². The summed E-state index contributed by atoms with van der Waals surface area (Å²) in [5.41, 5.74) is 2.81. The second kappa shape index (κ2) is 5.75. The Balaban J connectivity index is 1.52. The second-order valence-electron chi connectivity index (χ2n) is 7.14. The molecule has 28 heavy (non-hydrogen) atoms. The van der Waals surface area contributed by atoms with Crippen LogP contribution in [0, 0.1) is 0 Å². The van der Waals surface area contributed by atoms with Gasteiger partial charge in [0.05, 0.1) is 16.7 Å². The molecule has 1 saturated heterocycles. The van der Waals surface area contributed by atoms with Gasteiger partial charge in [0.25, 0.3) is 5.91 Å².